The molecule has 11 heteroatoms. The number of halogens is 1. The standard InChI is InChI=1S/C24H23ClN6O3S/c1-34-20-8-7-17(25)13-19(20)27-23(33)30-11-9-29(10-12-30)15-18-14-21(32)31-24(26-18)35-22(28-31)16-5-3-2-4-6-16/h2-8,13-14H,9-12,15H2,1H3,(H,27,33). The number of hydrogen-bond donors (Lipinski definition) is 1. The summed E-state index contributed by atoms with van der Waals surface area (Å²) in [6.45, 7) is 2.96. The van der Waals surface area contributed by atoms with Gasteiger partial charge in [-0.25, -0.2) is 9.78 Å². The second-order valence-electron chi connectivity index (χ2n) is 8.09. The molecule has 2 amide bonds. The van der Waals surface area contributed by atoms with Gasteiger partial charge in [-0.2, -0.15) is 9.61 Å². The zero-order valence-corrected chi connectivity index (χ0v) is 20.6. The maximum absolute atomic E-state index is 12.8. The largest absolute Gasteiger partial charge is 0.495 e. The average molecular weight is 511 g/mol. The number of urea groups is 1. The summed E-state index contributed by atoms with van der Waals surface area (Å²) >= 11 is 7.45. The maximum atomic E-state index is 12.8. The maximum Gasteiger partial charge on any atom is 0.322 e. The molecule has 1 aliphatic rings. The van der Waals surface area contributed by atoms with Crippen molar-refractivity contribution in [3.8, 4) is 16.3 Å². The Morgan fingerprint density at radius 3 is 2.63 bits per heavy atom. The van der Waals surface area contributed by atoms with E-state index in [9.17, 15) is 9.59 Å². The molecule has 35 heavy (non-hydrogen) atoms. The number of ether oxygens (including phenoxy) is 1. The van der Waals surface area contributed by atoms with Crippen LogP contribution in [0.25, 0.3) is 15.5 Å². The summed E-state index contributed by atoms with van der Waals surface area (Å²) in [6, 6.07) is 16.2. The van der Waals surface area contributed by atoms with E-state index < -0.39 is 0 Å². The lowest BCUT2D eigenvalue weighted by molar-refractivity contribution is 0.142. The first kappa shape index (κ1) is 23.3. The monoisotopic (exact) mass is 510 g/mol. The van der Waals surface area contributed by atoms with Crippen molar-refractivity contribution in [1.82, 2.24) is 24.4 Å². The molecule has 0 atom stereocenters. The molecular weight excluding hydrogens is 488 g/mol. The van der Waals surface area contributed by atoms with Gasteiger partial charge in [0.15, 0.2) is 0 Å². The highest BCUT2D eigenvalue weighted by molar-refractivity contribution is 7.19. The van der Waals surface area contributed by atoms with Gasteiger partial charge in [0.2, 0.25) is 4.96 Å². The smallest absolute Gasteiger partial charge is 0.322 e. The van der Waals surface area contributed by atoms with E-state index in [4.69, 9.17) is 16.3 Å². The number of anilines is 1. The van der Waals surface area contributed by atoms with Gasteiger partial charge in [-0.3, -0.25) is 9.69 Å². The van der Waals surface area contributed by atoms with Crippen LogP contribution in [0.4, 0.5) is 10.5 Å². The highest BCUT2D eigenvalue weighted by Gasteiger charge is 2.23. The molecule has 4 aromatic rings. The number of amides is 2. The minimum Gasteiger partial charge on any atom is -0.495 e. The summed E-state index contributed by atoms with van der Waals surface area (Å²) in [5, 5.41) is 8.58. The molecule has 3 heterocycles. The van der Waals surface area contributed by atoms with Crippen LogP contribution in [0.1, 0.15) is 5.69 Å². The topological polar surface area (TPSA) is 92.1 Å². The summed E-state index contributed by atoms with van der Waals surface area (Å²) in [5.74, 6) is 0.549. The lowest BCUT2D eigenvalue weighted by Gasteiger charge is -2.34. The SMILES string of the molecule is COc1ccc(Cl)cc1NC(=O)N1CCN(Cc2cc(=O)n3nc(-c4ccccc4)sc3n2)CC1. The lowest BCUT2D eigenvalue weighted by atomic mass is 10.2. The number of nitrogens with zero attached hydrogens (tertiary/aromatic N) is 5. The van der Waals surface area contributed by atoms with Gasteiger partial charge >= 0.3 is 6.03 Å². The van der Waals surface area contributed by atoms with Gasteiger partial charge in [0.25, 0.3) is 5.56 Å². The molecule has 0 unspecified atom stereocenters. The zero-order valence-electron chi connectivity index (χ0n) is 19.0. The van der Waals surface area contributed by atoms with E-state index in [0.29, 0.717) is 59.8 Å². The summed E-state index contributed by atoms with van der Waals surface area (Å²) < 4.78 is 6.65. The van der Waals surface area contributed by atoms with E-state index in [-0.39, 0.29) is 11.6 Å². The second kappa shape index (κ2) is 10.0. The number of piperazine rings is 1. The van der Waals surface area contributed by atoms with Crippen LogP contribution < -0.4 is 15.6 Å². The quantitative estimate of drug-likeness (QED) is 0.438. The van der Waals surface area contributed by atoms with Crippen molar-refractivity contribution in [2.75, 3.05) is 38.6 Å². The van der Waals surface area contributed by atoms with Crippen molar-refractivity contribution in [2.24, 2.45) is 0 Å². The molecule has 0 spiro atoms. The van der Waals surface area contributed by atoms with Crippen LogP contribution in [0.2, 0.25) is 5.02 Å². The summed E-state index contributed by atoms with van der Waals surface area (Å²) in [6.07, 6.45) is 0. The Hall–Kier alpha value is -3.47. The number of fused-ring (bicyclic) bond motifs is 1. The van der Waals surface area contributed by atoms with E-state index in [2.05, 4.69) is 20.3 Å². The molecule has 1 saturated heterocycles. The Labute approximate surface area is 210 Å². The third kappa shape index (κ3) is 5.14. The van der Waals surface area contributed by atoms with Crippen LogP contribution >= 0.6 is 22.9 Å². The third-order valence-corrected chi connectivity index (χ3v) is 6.96. The molecule has 0 aliphatic carbocycles. The number of nitrogens with one attached hydrogen (secondary N) is 1. The van der Waals surface area contributed by atoms with E-state index >= 15 is 0 Å². The van der Waals surface area contributed by atoms with Crippen LogP contribution in [0.15, 0.2) is 59.4 Å². The molecule has 0 saturated carbocycles. The van der Waals surface area contributed by atoms with Crippen molar-refractivity contribution in [3.63, 3.8) is 0 Å². The van der Waals surface area contributed by atoms with Crippen molar-refractivity contribution in [3.05, 3.63) is 75.7 Å². The number of rotatable bonds is 5. The second-order valence-corrected chi connectivity index (χ2v) is 9.48. The van der Waals surface area contributed by atoms with Crippen molar-refractivity contribution in [1.29, 1.82) is 0 Å². The van der Waals surface area contributed by atoms with Gasteiger partial charge in [0.05, 0.1) is 18.5 Å². The van der Waals surface area contributed by atoms with Gasteiger partial charge in [-0.05, 0) is 18.2 Å². The number of carbonyl (C=O) groups is 1. The van der Waals surface area contributed by atoms with Gasteiger partial charge in [-0.1, -0.05) is 53.3 Å². The van der Waals surface area contributed by atoms with Gasteiger partial charge in [0, 0.05) is 49.4 Å². The van der Waals surface area contributed by atoms with E-state index in [1.54, 1.807) is 30.2 Å². The Kier molecular flexibility index (Phi) is 6.67. The predicted molar refractivity (Wildman–Crippen MR) is 136 cm³/mol. The van der Waals surface area contributed by atoms with Gasteiger partial charge < -0.3 is 15.0 Å². The fourth-order valence-electron chi connectivity index (χ4n) is 3.94. The molecule has 180 valence electrons. The first-order valence-electron chi connectivity index (χ1n) is 11.1. The van der Waals surface area contributed by atoms with Gasteiger partial charge in [0.1, 0.15) is 10.8 Å². The number of carbonyl (C=O) groups excluding carboxylic acids is 1. The molecule has 2 aromatic heterocycles. The molecule has 0 radical (unpaired) electrons. The minimum absolute atomic E-state index is 0.197. The highest BCUT2D eigenvalue weighted by Crippen LogP contribution is 2.28. The van der Waals surface area contributed by atoms with Crippen LogP contribution in [-0.2, 0) is 6.54 Å². The van der Waals surface area contributed by atoms with E-state index in [1.165, 1.54) is 21.9 Å². The minimum atomic E-state index is -0.207. The normalized spacial score (nSPS) is 14.3. The lowest BCUT2D eigenvalue weighted by Crippen LogP contribution is -2.49. The van der Waals surface area contributed by atoms with Crippen molar-refractivity contribution < 1.29 is 9.53 Å². The molecule has 2 aromatic carbocycles. The average Bonchev–Trinajstić information content (AvgIpc) is 3.30. The summed E-state index contributed by atoms with van der Waals surface area (Å²) in [5.41, 5.74) is 1.98. The predicted octanol–water partition coefficient (Wildman–Crippen LogP) is 3.83. The Morgan fingerprint density at radius 1 is 1.11 bits per heavy atom. The van der Waals surface area contributed by atoms with Crippen LogP contribution in [0, 0.1) is 0 Å². The molecular formula is C24H23ClN6O3S. The van der Waals surface area contributed by atoms with Crippen LogP contribution in [0.3, 0.4) is 0 Å². The number of hydrogen-bond acceptors (Lipinski definition) is 7. The first-order chi connectivity index (χ1) is 17.0. The Balaban J connectivity index is 1.22. The van der Waals surface area contributed by atoms with Gasteiger partial charge in [-0.15, -0.1) is 0 Å². The molecule has 5 rings (SSSR count). The van der Waals surface area contributed by atoms with Crippen LogP contribution in [-0.4, -0.2) is 63.7 Å². The Bertz CT molecular complexity index is 1420. The van der Waals surface area contributed by atoms with E-state index in [0.717, 1.165) is 10.6 Å². The van der Waals surface area contributed by atoms with Crippen molar-refractivity contribution >= 4 is 39.6 Å². The molecule has 1 fully saturated rings. The molecule has 1 aliphatic heterocycles. The fraction of sp³-hybridized carbons (Fsp3) is 0.250. The molecule has 0 bridgehead atoms. The first-order valence-corrected chi connectivity index (χ1v) is 12.3. The molecule has 1 N–H and O–H groups in total. The number of aromatic nitrogens is 3. The summed E-state index contributed by atoms with van der Waals surface area (Å²) in [7, 11) is 1.55. The van der Waals surface area contributed by atoms with Crippen molar-refractivity contribution in [2.45, 2.75) is 6.54 Å². The molecule has 9 nitrogen and oxygen atoms in total. The number of methoxy groups -OCH3 is 1. The Morgan fingerprint density at radius 2 is 1.89 bits per heavy atom. The van der Waals surface area contributed by atoms with Crippen LogP contribution in [0.5, 0.6) is 5.75 Å². The zero-order chi connectivity index (χ0) is 24.4. The highest BCUT2D eigenvalue weighted by atomic mass is 35.5. The van der Waals surface area contributed by atoms with E-state index in [1.807, 2.05) is 30.3 Å². The summed E-state index contributed by atoms with van der Waals surface area (Å²) in [4.78, 5) is 34.6. The number of benzene rings is 2. The fourth-order valence-corrected chi connectivity index (χ4v) is 5.05. The third-order valence-electron chi connectivity index (χ3n) is 5.77.